The van der Waals surface area contributed by atoms with Gasteiger partial charge in [0.15, 0.2) is 0 Å². The highest BCUT2D eigenvalue weighted by Crippen LogP contribution is 2.51. The van der Waals surface area contributed by atoms with E-state index in [2.05, 4.69) is 45.0 Å². The number of fused-ring (bicyclic) bond motifs is 2. The fourth-order valence-electron chi connectivity index (χ4n) is 5.15. The normalized spacial score (nSPS) is 22.5. The van der Waals surface area contributed by atoms with Crippen molar-refractivity contribution in [2.24, 2.45) is 0 Å². The van der Waals surface area contributed by atoms with Crippen LogP contribution in [0.5, 0.6) is 0 Å². The molecule has 4 rings (SSSR count). The van der Waals surface area contributed by atoms with Crippen molar-refractivity contribution in [3.05, 3.63) is 85.0 Å². The van der Waals surface area contributed by atoms with Gasteiger partial charge in [-0.3, -0.25) is 13.6 Å². The maximum atomic E-state index is 13.5. The maximum Gasteiger partial charge on any atom is 0.475 e. The minimum absolute atomic E-state index is 0.0690. The van der Waals surface area contributed by atoms with Crippen LogP contribution in [0.2, 0.25) is 5.04 Å². The summed E-state index contributed by atoms with van der Waals surface area (Å²) >= 11 is 0. The molecule has 4 atom stereocenters. The molecule has 2 aliphatic rings. The van der Waals surface area contributed by atoms with Crippen LogP contribution in [0.4, 0.5) is 0 Å². The third-order valence-corrected chi connectivity index (χ3v) is 14.9. The van der Waals surface area contributed by atoms with Crippen LogP contribution >= 0.6 is 16.4 Å². The van der Waals surface area contributed by atoms with Crippen molar-refractivity contribution in [3.63, 3.8) is 0 Å². The number of hydrogen-bond donors (Lipinski definition) is 0. The lowest BCUT2D eigenvalue weighted by Crippen LogP contribution is -2.67. The summed E-state index contributed by atoms with van der Waals surface area (Å²) in [5.41, 5.74) is 0. The van der Waals surface area contributed by atoms with Gasteiger partial charge in [0.25, 0.3) is 8.32 Å². The van der Waals surface area contributed by atoms with E-state index >= 15 is 0 Å². The fraction of sp³-hybridized carbons (Fsp3) is 0.467. The molecule has 41 heavy (non-hydrogen) atoms. The molecule has 0 radical (unpaired) electrons. The van der Waals surface area contributed by atoms with Crippen LogP contribution in [0.3, 0.4) is 0 Å². The van der Waals surface area contributed by atoms with Crippen LogP contribution < -0.4 is 10.4 Å². The van der Waals surface area contributed by atoms with Crippen LogP contribution in [0.25, 0.3) is 0 Å². The summed E-state index contributed by atoms with van der Waals surface area (Å²) in [6.45, 7) is 11.1. The van der Waals surface area contributed by atoms with Crippen LogP contribution in [0, 0.1) is 0 Å². The molecule has 1 saturated heterocycles. The van der Waals surface area contributed by atoms with Gasteiger partial charge in [-0.1, -0.05) is 106 Å². The molecule has 0 aromatic heterocycles. The summed E-state index contributed by atoms with van der Waals surface area (Å²) in [4.78, 5) is 0. The van der Waals surface area contributed by atoms with Crippen molar-refractivity contribution in [1.82, 2.24) is 0 Å². The van der Waals surface area contributed by atoms with Crippen molar-refractivity contribution in [2.45, 2.75) is 64.4 Å². The van der Waals surface area contributed by atoms with E-state index in [9.17, 15) is 4.57 Å². The molecule has 1 unspecified atom stereocenters. The van der Waals surface area contributed by atoms with E-state index in [1.54, 1.807) is 13.8 Å². The molecule has 0 aliphatic carbocycles. The Morgan fingerprint density at radius 2 is 1.61 bits per heavy atom. The van der Waals surface area contributed by atoms with Gasteiger partial charge in [-0.15, -0.1) is 0 Å². The second kappa shape index (κ2) is 14.8. The molecule has 0 N–H and O–H groups in total. The Labute approximate surface area is 246 Å². The van der Waals surface area contributed by atoms with E-state index in [0.29, 0.717) is 13.0 Å². The standard InChI is InChI=1S/C30H43O8P2Si/c1-6-33-40(31,34-7-2)38-27(21-20-26-23-25-15-14-22-32-39(36-25)37-26)24-35-41(30(3,4)5,28-16-10-8-11-17-28)29-18-12-9-13-19-29/h8-21,25-27,39H,6-7,22-24H2,1-5H3/q+1/t25-,26-,27-/m1/s1. The van der Waals surface area contributed by atoms with Gasteiger partial charge in [-0.2, -0.15) is 13.6 Å². The summed E-state index contributed by atoms with van der Waals surface area (Å²) in [5.74, 6) is 0. The summed E-state index contributed by atoms with van der Waals surface area (Å²) < 4.78 is 55.3. The first-order valence-electron chi connectivity index (χ1n) is 14.2. The average molecular weight is 622 g/mol. The van der Waals surface area contributed by atoms with Crippen molar-refractivity contribution >= 4 is 35.1 Å². The molecule has 1 fully saturated rings. The zero-order valence-electron chi connectivity index (χ0n) is 24.6. The molecule has 2 aromatic rings. The molecule has 0 saturated carbocycles. The molecule has 224 valence electrons. The summed E-state index contributed by atoms with van der Waals surface area (Å²) in [6.07, 6.45) is 7.33. The van der Waals surface area contributed by atoms with Crippen molar-refractivity contribution in [2.75, 3.05) is 26.4 Å². The first kappa shape index (κ1) is 32.4. The van der Waals surface area contributed by atoms with Crippen LogP contribution in [-0.2, 0) is 36.1 Å². The first-order valence-corrected chi connectivity index (χ1v) is 18.8. The molecule has 8 nitrogen and oxygen atoms in total. The lowest BCUT2D eigenvalue weighted by Gasteiger charge is -2.43. The molecule has 2 heterocycles. The first-order chi connectivity index (χ1) is 19.7. The number of phosphoric ester groups is 1. The van der Waals surface area contributed by atoms with E-state index in [-0.39, 0.29) is 37.1 Å². The Kier molecular flexibility index (Phi) is 11.7. The van der Waals surface area contributed by atoms with Crippen LogP contribution in [0.15, 0.2) is 85.0 Å². The van der Waals surface area contributed by atoms with Gasteiger partial charge in [0, 0.05) is 6.42 Å². The molecule has 11 heteroatoms. The Morgan fingerprint density at radius 3 is 2.17 bits per heavy atom. The Balaban J connectivity index is 1.67. The zero-order chi connectivity index (χ0) is 29.3. The Hall–Kier alpha value is -1.48. The SMILES string of the molecule is CCOP(=O)(OCC)O[C@H](C=C[C@@H]1C[C@H]2C=CCO[PH+](O2)O1)CO[Si](c1ccccc1)(c1ccccc1)C(C)(C)C. The largest absolute Gasteiger partial charge is 0.475 e. The Bertz CT molecular complexity index is 1140. The van der Waals surface area contributed by atoms with Crippen LogP contribution in [0.1, 0.15) is 41.0 Å². The van der Waals surface area contributed by atoms with Gasteiger partial charge in [-0.05, 0) is 29.3 Å². The molecule has 0 spiro atoms. The van der Waals surface area contributed by atoms with Crippen LogP contribution in [-0.4, -0.2) is 53.1 Å². The van der Waals surface area contributed by atoms with Gasteiger partial charge in [0.2, 0.25) is 0 Å². The van der Waals surface area contributed by atoms with Gasteiger partial charge in [-0.25, -0.2) is 4.57 Å². The smallest absolute Gasteiger partial charge is 0.404 e. The van der Waals surface area contributed by atoms with E-state index in [0.717, 1.165) is 10.4 Å². The minimum Gasteiger partial charge on any atom is -0.404 e. The van der Waals surface area contributed by atoms with E-state index in [4.69, 9.17) is 31.6 Å². The van der Waals surface area contributed by atoms with Gasteiger partial charge >= 0.3 is 16.4 Å². The monoisotopic (exact) mass is 621 g/mol. The van der Waals surface area contributed by atoms with Gasteiger partial charge < -0.3 is 4.43 Å². The van der Waals surface area contributed by atoms with E-state index in [1.165, 1.54) is 0 Å². The highest BCUT2D eigenvalue weighted by molar-refractivity contribution is 7.48. The van der Waals surface area contributed by atoms with E-state index < -0.39 is 30.8 Å². The zero-order valence-corrected chi connectivity index (χ0v) is 27.5. The maximum absolute atomic E-state index is 13.5. The summed E-state index contributed by atoms with van der Waals surface area (Å²) in [5, 5.41) is 2.05. The molecular weight excluding hydrogens is 578 g/mol. The Morgan fingerprint density at radius 1 is 1.00 bits per heavy atom. The van der Waals surface area contributed by atoms with Crippen molar-refractivity contribution in [1.29, 1.82) is 0 Å². The van der Waals surface area contributed by atoms with Crippen molar-refractivity contribution < 1.29 is 36.1 Å². The third-order valence-electron chi connectivity index (χ3n) is 6.87. The van der Waals surface area contributed by atoms with Gasteiger partial charge in [0.05, 0.1) is 19.8 Å². The topological polar surface area (TPSA) is 81.7 Å². The molecule has 2 aromatic carbocycles. The molecule has 2 aliphatic heterocycles. The minimum atomic E-state index is -3.85. The molecule has 0 amide bonds. The lowest BCUT2D eigenvalue weighted by molar-refractivity contribution is 0.0609. The quantitative estimate of drug-likeness (QED) is 0.144. The third kappa shape index (κ3) is 8.33. The lowest BCUT2D eigenvalue weighted by atomic mass is 10.1. The number of phosphoric acid groups is 1. The van der Waals surface area contributed by atoms with Gasteiger partial charge in [0.1, 0.15) is 24.9 Å². The average Bonchev–Trinajstić information content (AvgIpc) is 3.12. The van der Waals surface area contributed by atoms with Crippen molar-refractivity contribution in [3.8, 4) is 0 Å². The molecular formula is C30H43O8P2Si+. The highest BCUT2D eigenvalue weighted by Gasteiger charge is 2.50. The predicted octanol–water partition coefficient (Wildman–Crippen LogP) is 6.41. The number of hydrogen-bond acceptors (Lipinski definition) is 8. The second-order valence-corrected chi connectivity index (χ2v) is 18.0. The summed E-state index contributed by atoms with van der Waals surface area (Å²) in [7, 11) is -8.57. The molecule has 2 bridgehead atoms. The van der Waals surface area contributed by atoms with E-state index in [1.807, 2.05) is 60.7 Å². The highest BCUT2D eigenvalue weighted by atomic mass is 31.2. The summed E-state index contributed by atoms with van der Waals surface area (Å²) in [6, 6.07) is 20.7. The number of benzene rings is 2. The predicted molar refractivity (Wildman–Crippen MR) is 166 cm³/mol. The second-order valence-electron chi connectivity index (χ2n) is 10.8. The fourth-order valence-corrected chi connectivity index (χ4v) is 12.3. The number of rotatable bonds is 13.